The molecule has 1 saturated heterocycles. The molecule has 3 nitrogen and oxygen atoms in total. The Morgan fingerprint density at radius 2 is 1.94 bits per heavy atom. The van der Waals surface area contributed by atoms with Crippen molar-refractivity contribution in [1.82, 2.24) is 0 Å². The predicted molar refractivity (Wildman–Crippen MR) is 75.6 cm³/mol. The summed E-state index contributed by atoms with van der Waals surface area (Å²) < 4.78 is 16.1. The molecule has 1 aliphatic heterocycles. The van der Waals surface area contributed by atoms with Gasteiger partial charge in [0.05, 0.1) is 21.7 Å². The van der Waals surface area contributed by atoms with Gasteiger partial charge in [-0.1, -0.05) is 31.7 Å². The van der Waals surface area contributed by atoms with Gasteiger partial charge in [0.1, 0.15) is 5.91 Å². The lowest BCUT2D eigenvalue weighted by atomic mass is 9.86. The van der Waals surface area contributed by atoms with Crippen LogP contribution < -0.4 is 0 Å². The van der Waals surface area contributed by atoms with Gasteiger partial charge in [0, 0.05) is 14.2 Å². The lowest BCUT2D eigenvalue weighted by Gasteiger charge is -2.18. The van der Waals surface area contributed by atoms with Crippen LogP contribution in [0.4, 0.5) is 0 Å². The van der Waals surface area contributed by atoms with Crippen molar-refractivity contribution in [3.8, 4) is 0 Å². The smallest absolute Gasteiger partial charge is 0.134 e. The lowest BCUT2D eigenvalue weighted by molar-refractivity contribution is -0.0441. The third kappa shape index (κ3) is 4.65. The van der Waals surface area contributed by atoms with E-state index in [4.69, 9.17) is 14.2 Å². The molecule has 1 saturated carbocycles. The molecule has 18 heavy (non-hydrogen) atoms. The molecule has 3 atom stereocenters. The molecule has 0 N–H and O–H groups in total. The van der Waals surface area contributed by atoms with Gasteiger partial charge in [-0.15, -0.1) is 0 Å². The first-order valence-electron chi connectivity index (χ1n) is 7.54. The Morgan fingerprint density at radius 3 is 2.67 bits per heavy atom. The zero-order valence-electron chi connectivity index (χ0n) is 11.9. The Labute approximate surface area is 113 Å². The first kappa shape index (κ1) is 14.5. The summed E-state index contributed by atoms with van der Waals surface area (Å²) in [5.41, 5.74) is 0. The maximum absolute atomic E-state index is 5.58. The van der Waals surface area contributed by atoms with Gasteiger partial charge in [-0.2, -0.15) is 0 Å². The van der Waals surface area contributed by atoms with E-state index in [2.05, 4.69) is 0 Å². The average molecular weight is 272 g/mol. The summed E-state index contributed by atoms with van der Waals surface area (Å²) in [6.45, 7) is 0. The van der Waals surface area contributed by atoms with E-state index in [1.165, 1.54) is 51.0 Å². The monoisotopic (exact) mass is 272 g/mol. The molecular weight excluding hydrogens is 244 g/mol. The van der Waals surface area contributed by atoms with Gasteiger partial charge in [0.25, 0.3) is 0 Å². The molecule has 0 bridgehead atoms. The maximum Gasteiger partial charge on any atom is 0.134 e. The topological polar surface area (TPSA) is 31.0 Å². The second kappa shape index (κ2) is 7.63. The molecule has 0 amide bonds. The summed E-state index contributed by atoms with van der Waals surface area (Å²) in [6, 6.07) is 1.35. The number of ether oxygens (including phenoxy) is 3. The molecule has 0 aromatic rings. The maximum atomic E-state index is 5.58. The van der Waals surface area contributed by atoms with Gasteiger partial charge in [-0.05, 0) is 25.2 Å². The normalized spacial score (nSPS) is 31.2. The average Bonchev–Trinajstić information content (AvgIpc) is 3.16. The predicted octanol–water partition coefficient (Wildman–Crippen LogP) is 2.28. The summed E-state index contributed by atoms with van der Waals surface area (Å²) in [7, 11) is 3.30. The molecule has 2 rings (SSSR count). The van der Waals surface area contributed by atoms with Crippen LogP contribution in [0.5, 0.6) is 0 Å². The molecular formula is C14H28O3Si. The Bertz CT molecular complexity index is 233. The van der Waals surface area contributed by atoms with Crippen LogP contribution in [0.1, 0.15) is 44.9 Å². The first-order valence-corrected chi connectivity index (χ1v) is 9.36. The summed E-state index contributed by atoms with van der Waals surface area (Å²) in [5.74, 6) is 1.09. The van der Waals surface area contributed by atoms with E-state index in [1.54, 1.807) is 14.2 Å². The van der Waals surface area contributed by atoms with Crippen LogP contribution in [-0.2, 0) is 14.2 Å². The van der Waals surface area contributed by atoms with Crippen molar-refractivity contribution in [3.63, 3.8) is 0 Å². The highest BCUT2D eigenvalue weighted by Gasteiger charge is 2.43. The highest BCUT2D eigenvalue weighted by molar-refractivity contribution is 6.36. The molecule has 4 heteroatoms. The fraction of sp³-hybridized carbons (Fsp3) is 1.00. The van der Waals surface area contributed by atoms with Crippen molar-refractivity contribution in [1.29, 1.82) is 0 Å². The van der Waals surface area contributed by atoms with E-state index >= 15 is 0 Å². The Morgan fingerprint density at radius 1 is 1.11 bits per heavy atom. The zero-order chi connectivity index (χ0) is 12.8. The third-order valence-electron chi connectivity index (χ3n) is 4.44. The number of hydrogen-bond donors (Lipinski definition) is 0. The van der Waals surface area contributed by atoms with Gasteiger partial charge >= 0.3 is 0 Å². The van der Waals surface area contributed by atoms with Crippen LogP contribution in [-0.4, -0.2) is 41.9 Å². The molecule has 0 aromatic heterocycles. The minimum atomic E-state index is -0.192. The number of methoxy groups -OCH3 is 2. The van der Waals surface area contributed by atoms with E-state index in [9.17, 15) is 0 Å². The van der Waals surface area contributed by atoms with E-state index in [0.29, 0.717) is 12.2 Å². The van der Waals surface area contributed by atoms with Gasteiger partial charge in [-0.3, -0.25) is 0 Å². The largest absolute Gasteiger partial charge is 0.370 e. The molecule has 0 aromatic carbocycles. The van der Waals surface area contributed by atoms with Crippen molar-refractivity contribution in [2.24, 2.45) is 5.92 Å². The van der Waals surface area contributed by atoms with Crippen LogP contribution >= 0.6 is 0 Å². The molecule has 2 fully saturated rings. The van der Waals surface area contributed by atoms with Crippen molar-refractivity contribution in [3.05, 3.63) is 0 Å². The van der Waals surface area contributed by atoms with Gasteiger partial charge in [0.15, 0.2) is 0 Å². The quantitative estimate of drug-likeness (QED) is 0.279. The highest BCUT2D eigenvalue weighted by atomic mass is 28.2. The van der Waals surface area contributed by atoms with Crippen molar-refractivity contribution >= 4 is 9.52 Å². The molecule has 106 valence electrons. The standard InChI is InChI=1S/C14H28O3Si/c1-15-14(16-2)18-9-5-3-4-6-11-7-8-12-13(10-11)17-12/h11-14H,3-10,18H2,1-2H3. The van der Waals surface area contributed by atoms with E-state index in [0.717, 1.165) is 5.92 Å². The van der Waals surface area contributed by atoms with Gasteiger partial charge in [0.2, 0.25) is 0 Å². The van der Waals surface area contributed by atoms with Crippen LogP contribution in [0.2, 0.25) is 6.04 Å². The van der Waals surface area contributed by atoms with Gasteiger partial charge in [-0.25, -0.2) is 0 Å². The Kier molecular flexibility index (Phi) is 6.15. The van der Waals surface area contributed by atoms with Crippen molar-refractivity contribution < 1.29 is 14.2 Å². The molecule has 2 aliphatic rings. The summed E-state index contributed by atoms with van der Waals surface area (Å²) in [5, 5.41) is 0. The SMILES string of the molecule is COC(OC)[SiH2]CCCCCC1CCC2OC2C1. The lowest BCUT2D eigenvalue weighted by Crippen LogP contribution is -2.20. The molecule has 0 radical (unpaired) electrons. The Hall–Kier alpha value is 0.0969. The number of epoxide rings is 1. The minimum Gasteiger partial charge on any atom is -0.370 e. The second-order valence-corrected chi connectivity index (χ2v) is 7.74. The third-order valence-corrected chi connectivity index (χ3v) is 6.49. The fourth-order valence-electron chi connectivity index (χ4n) is 3.18. The minimum absolute atomic E-state index is 0.132. The fourth-order valence-corrected chi connectivity index (χ4v) is 4.63. The number of unbranched alkanes of at least 4 members (excludes halogenated alkanes) is 2. The summed E-state index contributed by atoms with van der Waals surface area (Å²) >= 11 is 0. The van der Waals surface area contributed by atoms with Crippen LogP contribution in [0.25, 0.3) is 0 Å². The van der Waals surface area contributed by atoms with E-state index in [-0.39, 0.29) is 15.4 Å². The van der Waals surface area contributed by atoms with Gasteiger partial charge < -0.3 is 14.2 Å². The number of rotatable bonds is 9. The van der Waals surface area contributed by atoms with E-state index in [1.807, 2.05) is 0 Å². The first-order chi connectivity index (χ1) is 8.83. The molecule has 1 heterocycles. The Balaban J connectivity index is 1.41. The summed E-state index contributed by atoms with van der Waals surface area (Å²) in [4.78, 5) is 0. The second-order valence-electron chi connectivity index (χ2n) is 5.78. The van der Waals surface area contributed by atoms with Crippen LogP contribution in [0, 0.1) is 5.92 Å². The van der Waals surface area contributed by atoms with Crippen molar-refractivity contribution in [2.45, 2.75) is 69.1 Å². The van der Waals surface area contributed by atoms with Crippen LogP contribution in [0.15, 0.2) is 0 Å². The van der Waals surface area contributed by atoms with E-state index < -0.39 is 0 Å². The number of hydrogen-bond acceptors (Lipinski definition) is 3. The highest BCUT2D eigenvalue weighted by Crippen LogP contribution is 2.41. The number of fused-ring (bicyclic) bond motifs is 1. The molecule has 0 spiro atoms. The van der Waals surface area contributed by atoms with Crippen molar-refractivity contribution in [2.75, 3.05) is 14.2 Å². The molecule has 3 unspecified atom stereocenters. The van der Waals surface area contributed by atoms with Crippen LogP contribution in [0.3, 0.4) is 0 Å². The summed E-state index contributed by atoms with van der Waals surface area (Å²) in [6.07, 6.45) is 11.0. The molecule has 1 aliphatic carbocycles. The zero-order valence-corrected chi connectivity index (χ0v) is 13.3.